The number of hydrogen-bond donors (Lipinski definition) is 3. The summed E-state index contributed by atoms with van der Waals surface area (Å²) in [5, 5.41) is 7.89. The standard InChI is InChI=1S/C17H18N8/c18-17(16-22-12-3-1-2-4-13(12)23-16)5-7-25(8-6-17)15-11-9-21-24-14(11)19-10-20-15/h1-4,9-10H,5-8,18H2,(H,22,23)(H,19,20,21,24). The average molecular weight is 334 g/mol. The summed E-state index contributed by atoms with van der Waals surface area (Å²) >= 11 is 0. The molecule has 0 atom stereocenters. The van der Waals surface area contributed by atoms with E-state index in [0.717, 1.165) is 59.6 Å². The maximum absolute atomic E-state index is 6.71. The van der Waals surface area contributed by atoms with Gasteiger partial charge in [0, 0.05) is 13.1 Å². The van der Waals surface area contributed by atoms with Gasteiger partial charge in [-0.1, -0.05) is 12.1 Å². The summed E-state index contributed by atoms with van der Waals surface area (Å²) < 4.78 is 0. The predicted octanol–water partition coefficient (Wildman–Crippen LogP) is 1.68. The normalized spacial score (nSPS) is 17.4. The highest BCUT2D eigenvalue weighted by Crippen LogP contribution is 2.33. The Morgan fingerprint density at radius 3 is 2.80 bits per heavy atom. The highest BCUT2D eigenvalue weighted by molar-refractivity contribution is 5.86. The van der Waals surface area contributed by atoms with E-state index in [1.807, 2.05) is 24.3 Å². The first-order chi connectivity index (χ1) is 12.2. The monoisotopic (exact) mass is 334 g/mol. The Morgan fingerprint density at radius 2 is 1.96 bits per heavy atom. The van der Waals surface area contributed by atoms with E-state index in [1.165, 1.54) is 0 Å². The smallest absolute Gasteiger partial charge is 0.160 e. The van der Waals surface area contributed by atoms with Gasteiger partial charge in [-0.05, 0) is 25.0 Å². The van der Waals surface area contributed by atoms with Gasteiger partial charge in [-0.3, -0.25) is 5.10 Å². The molecule has 126 valence electrons. The van der Waals surface area contributed by atoms with E-state index in [4.69, 9.17) is 10.7 Å². The van der Waals surface area contributed by atoms with Crippen LogP contribution in [0.25, 0.3) is 22.1 Å². The zero-order valence-electron chi connectivity index (χ0n) is 13.6. The van der Waals surface area contributed by atoms with E-state index in [-0.39, 0.29) is 0 Å². The Balaban J connectivity index is 1.42. The lowest BCUT2D eigenvalue weighted by atomic mass is 9.88. The van der Waals surface area contributed by atoms with Crippen molar-refractivity contribution in [1.82, 2.24) is 30.1 Å². The van der Waals surface area contributed by atoms with Gasteiger partial charge in [0.05, 0.1) is 28.2 Å². The molecular formula is C17H18N8. The number of imidazole rings is 1. The van der Waals surface area contributed by atoms with Crippen molar-refractivity contribution in [2.24, 2.45) is 5.73 Å². The number of rotatable bonds is 2. The quantitative estimate of drug-likeness (QED) is 0.514. The molecule has 0 aliphatic carbocycles. The number of piperidine rings is 1. The maximum atomic E-state index is 6.71. The number of anilines is 1. The summed E-state index contributed by atoms with van der Waals surface area (Å²) in [5.41, 5.74) is 9.00. The largest absolute Gasteiger partial charge is 0.356 e. The summed E-state index contributed by atoms with van der Waals surface area (Å²) in [6.45, 7) is 1.62. The molecule has 8 heteroatoms. The molecule has 4 heterocycles. The zero-order chi connectivity index (χ0) is 16.9. The van der Waals surface area contributed by atoms with E-state index >= 15 is 0 Å². The minimum absolute atomic E-state index is 0.446. The molecule has 1 aliphatic heterocycles. The molecule has 0 amide bonds. The summed E-state index contributed by atoms with van der Waals surface area (Å²) in [6.07, 6.45) is 4.94. The third-order valence-electron chi connectivity index (χ3n) is 5.04. The molecule has 1 fully saturated rings. The van der Waals surface area contributed by atoms with Crippen LogP contribution in [0.4, 0.5) is 5.82 Å². The minimum Gasteiger partial charge on any atom is -0.356 e. The molecule has 1 aliphatic rings. The van der Waals surface area contributed by atoms with Gasteiger partial charge in [0.15, 0.2) is 5.65 Å². The molecule has 0 spiro atoms. The molecular weight excluding hydrogens is 316 g/mol. The molecule has 0 saturated carbocycles. The van der Waals surface area contributed by atoms with Gasteiger partial charge in [-0.25, -0.2) is 15.0 Å². The number of para-hydroxylation sites is 2. The van der Waals surface area contributed by atoms with Crippen LogP contribution in [0.5, 0.6) is 0 Å². The lowest BCUT2D eigenvalue weighted by Gasteiger charge is -2.38. The van der Waals surface area contributed by atoms with Crippen molar-refractivity contribution in [3.63, 3.8) is 0 Å². The SMILES string of the molecule is NC1(c2nc3ccccc3[nH]2)CCN(c2ncnc3[nH]ncc23)CC1. The number of nitrogens with two attached hydrogens (primary N) is 1. The fraction of sp³-hybridized carbons (Fsp3) is 0.294. The second kappa shape index (κ2) is 5.25. The highest BCUT2D eigenvalue weighted by atomic mass is 15.2. The molecule has 8 nitrogen and oxygen atoms in total. The van der Waals surface area contributed by atoms with Gasteiger partial charge in [0.1, 0.15) is 18.0 Å². The van der Waals surface area contributed by atoms with Crippen LogP contribution >= 0.6 is 0 Å². The van der Waals surface area contributed by atoms with Gasteiger partial charge in [0.25, 0.3) is 0 Å². The number of nitrogens with zero attached hydrogens (tertiary/aromatic N) is 5. The number of aromatic amines is 2. The average Bonchev–Trinajstić information content (AvgIpc) is 3.29. The van der Waals surface area contributed by atoms with Gasteiger partial charge in [0.2, 0.25) is 0 Å². The summed E-state index contributed by atoms with van der Waals surface area (Å²) in [4.78, 5) is 19.0. The van der Waals surface area contributed by atoms with Crippen LogP contribution in [0, 0.1) is 0 Å². The summed E-state index contributed by atoms with van der Waals surface area (Å²) in [5.74, 6) is 1.77. The molecule has 4 N–H and O–H groups in total. The number of benzene rings is 1. The second-order valence-corrected chi connectivity index (χ2v) is 6.58. The molecule has 1 saturated heterocycles. The van der Waals surface area contributed by atoms with E-state index in [9.17, 15) is 0 Å². The lowest BCUT2D eigenvalue weighted by Crippen LogP contribution is -2.49. The number of nitrogens with one attached hydrogen (secondary N) is 2. The number of fused-ring (bicyclic) bond motifs is 2. The van der Waals surface area contributed by atoms with E-state index in [2.05, 4.69) is 30.0 Å². The number of hydrogen-bond acceptors (Lipinski definition) is 6. The van der Waals surface area contributed by atoms with Crippen molar-refractivity contribution in [3.8, 4) is 0 Å². The van der Waals surface area contributed by atoms with Crippen LogP contribution in [0.15, 0.2) is 36.8 Å². The van der Waals surface area contributed by atoms with E-state index < -0.39 is 5.54 Å². The van der Waals surface area contributed by atoms with Gasteiger partial charge < -0.3 is 15.6 Å². The molecule has 1 aromatic carbocycles. The summed E-state index contributed by atoms with van der Waals surface area (Å²) in [7, 11) is 0. The van der Waals surface area contributed by atoms with E-state index in [1.54, 1.807) is 12.5 Å². The van der Waals surface area contributed by atoms with Crippen molar-refractivity contribution in [1.29, 1.82) is 0 Å². The molecule has 0 radical (unpaired) electrons. The number of H-pyrrole nitrogens is 2. The second-order valence-electron chi connectivity index (χ2n) is 6.58. The van der Waals surface area contributed by atoms with Crippen LogP contribution in [0.3, 0.4) is 0 Å². The van der Waals surface area contributed by atoms with Crippen molar-refractivity contribution in [2.45, 2.75) is 18.4 Å². The van der Waals surface area contributed by atoms with Gasteiger partial charge in [-0.2, -0.15) is 5.10 Å². The van der Waals surface area contributed by atoms with Crippen LogP contribution in [0.1, 0.15) is 18.7 Å². The third kappa shape index (κ3) is 2.25. The van der Waals surface area contributed by atoms with Crippen molar-refractivity contribution >= 4 is 27.9 Å². The maximum Gasteiger partial charge on any atom is 0.160 e. The molecule has 25 heavy (non-hydrogen) atoms. The Labute approximate surface area is 143 Å². The molecule has 5 rings (SSSR count). The van der Waals surface area contributed by atoms with Crippen molar-refractivity contribution in [2.75, 3.05) is 18.0 Å². The first-order valence-corrected chi connectivity index (χ1v) is 8.36. The van der Waals surface area contributed by atoms with E-state index in [0.29, 0.717) is 0 Å². The predicted molar refractivity (Wildman–Crippen MR) is 95.1 cm³/mol. The third-order valence-corrected chi connectivity index (χ3v) is 5.04. The van der Waals surface area contributed by atoms with Crippen molar-refractivity contribution < 1.29 is 0 Å². The molecule has 4 aromatic rings. The first kappa shape index (κ1) is 14.4. The van der Waals surface area contributed by atoms with Crippen LogP contribution < -0.4 is 10.6 Å². The van der Waals surface area contributed by atoms with Crippen molar-refractivity contribution in [3.05, 3.63) is 42.6 Å². The van der Waals surface area contributed by atoms with Crippen LogP contribution in [-0.4, -0.2) is 43.2 Å². The molecule has 0 bridgehead atoms. The Kier molecular flexibility index (Phi) is 3.01. The fourth-order valence-electron chi connectivity index (χ4n) is 3.55. The first-order valence-electron chi connectivity index (χ1n) is 8.36. The Morgan fingerprint density at radius 1 is 1.12 bits per heavy atom. The van der Waals surface area contributed by atoms with Gasteiger partial charge >= 0.3 is 0 Å². The van der Waals surface area contributed by atoms with Crippen LogP contribution in [-0.2, 0) is 5.54 Å². The molecule has 3 aromatic heterocycles. The Bertz CT molecular complexity index is 1010. The molecule has 0 unspecified atom stereocenters. The Hall–Kier alpha value is -3.00. The topological polar surface area (TPSA) is 112 Å². The lowest BCUT2D eigenvalue weighted by molar-refractivity contribution is 0.327. The minimum atomic E-state index is -0.446. The zero-order valence-corrected chi connectivity index (χ0v) is 13.6. The van der Waals surface area contributed by atoms with Gasteiger partial charge in [-0.15, -0.1) is 0 Å². The van der Waals surface area contributed by atoms with Crippen LogP contribution in [0.2, 0.25) is 0 Å². The number of aromatic nitrogens is 6. The highest BCUT2D eigenvalue weighted by Gasteiger charge is 2.36. The summed E-state index contributed by atoms with van der Waals surface area (Å²) in [6, 6.07) is 8.02. The fourth-order valence-corrected chi connectivity index (χ4v) is 3.55.